The molecule has 3 aromatic rings. The van der Waals surface area contributed by atoms with E-state index in [1.165, 1.54) is 30.6 Å². The number of nitrogens with zero attached hydrogens (tertiary/aromatic N) is 1. The zero-order chi connectivity index (χ0) is 20.6. The quantitative estimate of drug-likeness (QED) is 0.176. The molecule has 0 radical (unpaired) electrons. The summed E-state index contributed by atoms with van der Waals surface area (Å²) in [5.41, 5.74) is 1.53. The Bertz CT molecular complexity index is 926. The molecule has 3 rings (SSSR count). The summed E-state index contributed by atoms with van der Waals surface area (Å²) in [5.74, 6) is 7.19. The summed E-state index contributed by atoms with van der Waals surface area (Å²) in [6.07, 6.45) is 5.59. The number of rotatable bonds is 9. The molecule has 0 saturated carbocycles. The van der Waals surface area contributed by atoms with Crippen LogP contribution in [0, 0.1) is 0 Å². The van der Waals surface area contributed by atoms with Gasteiger partial charge in [-0.15, -0.1) is 11.3 Å². The second-order valence-electron chi connectivity index (χ2n) is 6.81. The van der Waals surface area contributed by atoms with Crippen molar-refractivity contribution in [1.29, 1.82) is 0 Å². The van der Waals surface area contributed by atoms with Crippen LogP contribution >= 0.6 is 22.9 Å². The third kappa shape index (κ3) is 5.60. The predicted molar refractivity (Wildman–Crippen MR) is 121 cm³/mol. The van der Waals surface area contributed by atoms with Gasteiger partial charge in [0.1, 0.15) is 16.5 Å². The van der Waals surface area contributed by atoms with Crippen LogP contribution in [0.1, 0.15) is 48.5 Å². The van der Waals surface area contributed by atoms with Crippen LogP contribution in [0.15, 0.2) is 60.0 Å². The van der Waals surface area contributed by atoms with E-state index in [1.807, 2.05) is 35.7 Å². The van der Waals surface area contributed by atoms with E-state index in [-0.39, 0.29) is 5.91 Å². The van der Waals surface area contributed by atoms with Crippen molar-refractivity contribution in [2.75, 3.05) is 5.01 Å². The first-order chi connectivity index (χ1) is 14.1. The van der Waals surface area contributed by atoms with Gasteiger partial charge in [-0.1, -0.05) is 56.0 Å². The number of aryl methyl sites for hydroxylation is 1. The number of hydrogen-bond donors (Lipinski definition) is 1. The van der Waals surface area contributed by atoms with Crippen molar-refractivity contribution in [2.45, 2.75) is 39.0 Å². The fourth-order valence-corrected chi connectivity index (χ4v) is 4.32. The van der Waals surface area contributed by atoms with E-state index in [9.17, 15) is 4.79 Å². The molecule has 0 saturated heterocycles. The van der Waals surface area contributed by atoms with E-state index in [4.69, 9.17) is 22.2 Å². The number of benzene rings is 2. The minimum absolute atomic E-state index is 0.308. The topological polar surface area (TPSA) is 55.6 Å². The minimum Gasteiger partial charge on any atom is -0.457 e. The van der Waals surface area contributed by atoms with Crippen molar-refractivity contribution in [2.24, 2.45) is 5.84 Å². The number of amides is 1. The highest BCUT2D eigenvalue weighted by Crippen LogP contribution is 2.36. The lowest BCUT2D eigenvalue weighted by molar-refractivity contribution is 0.0987. The largest absolute Gasteiger partial charge is 0.457 e. The van der Waals surface area contributed by atoms with Gasteiger partial charge in [0.05, 0.1) is 5.02 Å². The summed E-state index contributed by atoms with van der Waals surface area (Å²) >= 11 is 7.90. The molecular weight excluding hydrogens is 404 g/mol. The minimum atomic E-state index is -0.308. The van der Waals surface area contributed by atoms with Crippen molar-refractivity contribution in [3.63, 3.8) is 0 Å². The number of carbonyl (C=O) groups excluding carboxylic acids is 1. The van der Waals surface area contributed by atoms with Crippen LogP contribution in [0.4, 0.5) is 5.00 Å². The molecule has 0 unspecified atom stereocenters. The summed E-state index contributed by atoms with van der Waals surface area (Å²) < 4.78 is 5.76. The second kappa shape index (κ2) is 10.4. The number of unbranched alkanes of at least 4 members (excludes halogenated alkanes) is 3. The molecule has 1 heterocycles. The normalized spacial score (nSPS) is 10.7. The summed E-state index contributed by atoms with van der Waals surface area (Å²) in [6, 6.07) is 16.4. The highest BCUT2D eigenvalue weighted by Gasteiger charge is 2.20. The Morgan fingerprint density at radius 1 is 1.03 bits per heavy atom. The summed E-state index contributed by atoms with van der Waals surface area (Å²) in [4.78, 5) is 12.8. The van der Waals surface area contributed by atoms with Crippen LogP contribution in [-0.4, -0.2) is 5.91 Å². The molecule has 1 aromatic heterocycles. The average molecular weight is 429 g/mol. The lowest BCUT2D eigenvalue weighted by Gasteiger charge is -2.16. The molecule has 0 aliphatic heterocycles. The molecule has 152 valence electrons. The van der Waals surface area contributed by atoms with E-state index in [0.29, 0.717) is 21.3 Å². The Labute approximate surface area is 180 Å². The second-order valence-corrected chi connectivity index (χ2v) is 8.04. The molecule has 1 amide bonds. The maximum Gasteiger partial charge on any atom is 0.273 e. The number of para-hydroxylation sites is 1. The fraction of sp³-hybridized carbons (Fsp3) is 0.261. The molecular formula is C23H25ClN2O2S. The monoisotopic (exact) mass is 428 g/mol. The van der Waals surface area contributed by atoms with E-state index < -0.39 is 0 Å². The number of nitrogens with two attached hydrogens (primary N) is 1. The first-order valence-corrected chi connectivity index (χ1v) is 11.0. The van der Waals surface area contributed by atoms with Gasteiger partial charge in [0.2, 0.25) is 0 Å². The van der Waals surface area contributed by atoms with Crippen LogP contribution in [0.2, 0.25) is 5.02 Å². The van der Waals surface area contributed by atoms with E-state index in [0.717, 1.165) is 29.2 Å². The van der Waals surface area contributed by atoms with Gasteiger partial charge in [0.25, 0.3) is 5.91 Å². The van der Waals surface area contributed by atoms with Crippen LogP contribution in [0.25, 0.3) is 0 Å². The van der Waals surface area contributed by atoms with Gasteiger partial charge in [-0.2, -0.15) is 0 Å². The number of ether oxygens (including phenoxy) is 1. The molecule has 29 heavy (non-hydrogen) atoms. The lowest BCUT2D eigenvalue weighted by Crippen LogP contribution is -2.37. The molecule has 4 nitrogen and oxygen atoms in total. The van der Waals surface area contributed by atoms with Crippen LogP contribution in [0.3, 0.4) is 0 Å². The molecule has 0 fully saturated rings. The maximum absolute atomic E-state index is 12.8. The van der Waals surface area contributed by atoms with Gasteiger partial charge < -0.3 is 4.74 Å². The van der Waals surface area contributed by atoms with E-state index >= 15 is 0 Å². The molecule has 2 aromatic carbocycles. The number of carbonyl (C=O) groups is 1. The first kappa shape index (κ1) is 21.4. The van der Waals surface area contributed by atoms with Crippen molar-refractivity contribution in [3.8, 4) is 11.5 Å². The zero-order valence-electron chi connectivity index (χ0n) is 16.4. The lowest BCUT2D eigenvalue weighted by atomic mass is 10.1. The Kier molecular flexibility index (Phi) is 7.69. The number of hydrogen-bond acceptors (Lipinski definition) is 4. The van der Waals surface area contributed by atoms with Crippen LogP contribution < -0.4 is 15.6 Å². The Balaban J connectivity index is 1.64. The third-order valence-corrected chi connectivity index (χ3v) is 6.16. The summed E-state index contributed by atoms with van der Waals surface area (Å²) in [7, 11) is 0. The zero-order valence-corrected chi connectivity index (χ0v) is 18.0. The highest BCUT2D eigenvalue weighted by molar-refractivity contribution is 7.15. The van der Waals surface area contributed by atoms with Gasteiger partial charge in [-0.05, 0) is 60.2 Å². The fourth-order valence-electron chi connectivity index (χ4n) is 2.96. The predicted octanol–water partition coefficient (Wildman–Crippen LogP) is 6.84. The molecule has 0 aliphatic rings. The number of halogens is 1. The molecule has 0 aliphatic carbocycles. The van der Waals surface area contributed by atoms with Gasteiger partial charge in [0, 0.05) is 5.56 Å². The smallest absolute Gasteiger partial charge is 0.273 e. The van der Waals surface area contributed by atoms with Crippen molar-refractivity contribution in [1.82, 2.24) is 0 Å². The SMILES string of the molecule is CCCCCCc1csc(N(N)C(=O)c2ccc(Oc3ccccc3)cc2)c1Cl. The van der Waals surface area contributed by atoms with Gasteiger partial charge >= 0.3 is 0 Å². The highest BCUT2D eigenvalue weighted by atomic mass is 35.5. The number of anilines is 1. The van der Waals surface area contributed by atoms with E-state index in [1.54, 1.807) is 24.3 Å². The van der Waals surface area contributed by atoms with Crippen molar-refractivity contribution in [3.05, 3.63) is 76.1 Å². The van der Waals surface area contributed by atoms with Crippen LogP contribution in [-0.2, 0) is 6.42 Å². The van der Waals surface area contributed by atoms with Gasteiger partial charge in [-0.25, -0.2) is 10.9 Å². The number of hydrazine groups is 1. The third-order valence-electron chi connectivity index (χ3n) is 4.60. The first-order valence-electron chi connectivity index (χ1n) is 9.78. The molecule has 0 spiro atoms. The Morgan fingerprint density at radius 2 is 1.72 bits per heavy atom. The Morgan fingerprint density at radius 3 is 2.41 bits per heavy atom. The van der Waals surface area contributed by atoms with Gasteiger partial charge in [0.15, 0.2) is 0 Å². The summed E-state index contributed by atoms with van der Waals surface area (Å²) in [6.45, 7) is 2.19. The van der Waals surface area contributed by atoms with Crippen molar-refractivity contribution >= 4 is 33.8 Å². The van der Waals surface area contributed by atoms with Crippen LogP contribution in [0.5, 0.6) is 11.5 Å². The maximum atomic E-state index is 12.8. The Hall–Kier alpha value is -2.34. The molecule has 6 heteroatoms. The molecule has 2 N–H and O–H groups in total. The number of thiophene rings is 1. The molecule has 0 atom stereocenters. The van der Waals surface area contributed by atoms with Gasteiger partial charge in [-0.3, -0.25) is 4.79 Å². The van der Waals surface area contributed by atoms with Crippen molar-refractivity contribution < 1.29 is 9.53 Å². The summed E-state index contributed by atoms with van der Waals surface area (Å²) in [5, 5.41) is 4.28. The van der Waals surface area contributed by atoms with E-state index in [2.05, 4.69) is 6.92 Å². The molecule has 0 bridgehead atoms. The average Bonchev–Trinajstić information content (AvgIpc) is 3.12. The standard InChI is InChI=1S/C23H25ClN2O2S/c1-2-3-4-6-9-18-16-29-23(21(18)24)26(25)22(27)17-12-14-20(15-13-17)28-19-10-7-5-8-11-19/h5,7-8,10-16H,2-4,6,9,25H2,1H3.